The van der Waals surface area contributed by atoms with Crippen LogP contribution in [0.5, 0.6) is 0 Å². The number of thioether (sulfide) groups is 1. The molecule has 2 N–H and O–H groups in total. The Morgan fingerprint density at radius 2 is 2.06 bits per heavy atom. The maximum absolute atomic E-state index is 8.74. The predicted molar refractivity (Wildman–Crippen MR) is 76.8 cm³/mol. The molecule has 0 saturated heterocycles. The van der Waals surface area contributed by atoms with E-state index in [1.54, 1.807) is 0 Å². The molecule has 0 unspecified atom stereocenters. The molecule has 1 aromatic carbocycles. The van der Waals surface area contributed by atoms with E-state index >= 15 is 0 Å². The van der Waals surface area contributed by atoms with Gasteiger partial charge in [-0.3, -0.25) is 0 Å². The third kappa shape index (κ3) is 3.69. The van der Waals surface area contributed by atoms with Crippen LogP contribution in [-0.4, -0.2) is 27.7 Å². The summed E-state index contributed by atoms with van der Waals surface area (Å²) in [5.74, 6) is 0.653. The zero-order chi connectivity index (χ0) is 12.8. The smallest absolute Gasteiger partial charge is 0.210 e. The molecule has 0 amide bonds. The minimum absolute atomic E-state index is 0.158. The quantitative estimate of drug-likeness (QED) is 0.797. The van der Waals surface area contributed by atoms with Crippen LogP contribution in [-0.2, 0) is 6.42 Å². The van der Waals surface area contributed by atoms with Crippen LogP contribution in [0.3, 0.4) is 0 Å². The zero-order valence-electron chi connectivity index (χ0n) is 10.1. The Labute approximate surface area is 114 Å². The molecule has 0 fully saturated rings. The fourth-order valence-electron chi connectivity index (χ4n) is 1.40. The van der Waals surface area contributed by atoms with Crippen molar-refractivity contribution in [3.8, 4) is 0 Å². The molecule has 0 saturated carbocycles. The van der Waals surface area contributed by atoms with Crippen LogP contribution in [0.4, 0.5) is 10.8 Å². The number of rotatable bonds is 6. The van der Waals surface area contributed by atoms with Crippen LogP contribution in [0, 0.1) is 0 Å². The molecule has 0 radical (unpaired) electrons. The second kappa shape index (κ2) is 6.72. The summed E-state index contributed by atoms with van der Waals surface area (Å²) in [5, 5.41) is 20.8. The number of nitrogens with one attached hydrogen (secondary N) is 1. The van der Waals surface area contributed by atoms with E-state index in [9.17, 15) is 0 Å². The van der Waals surface area contributed by atoms with Gasteiger partial charge in [0.2, 0.25) is 5.13 Å². The van der Waals surface area contributed by atoms with Crippen LogP contribution >= 0.6 is 23.1 Å². The molecule has 0 aliphatic rings. The predicted octanol–water partition coefficient (Wildman–Crippen LogP) is 2.93. The number of nitrogens with zero attached hydrogens (tertiary/aromatic N) is 2. The third-order valence-corrected chi connectivity index (χ3v) is 4.29. The van der Waals surface area contributed by atoms with Gasteiger partial charge < -0.3 is 10.4 Å². The molecule has 0 atom stereocenters. The van der Waals surface area contributed by atoms with Gasteiger partial charge in [0, 0.05) is 11.4 Å². The van der Waals surface area contributed by atoms with Crippen molar-refractivity contribution in [3.63, 3.8) is 0 Å². The first kappa shape index (κ1) is 13.3. The van der Waals surface area contributed by atoms with Crippen LogP contribution in [0.2, 0.25) is 0 Å². The highest BCUT2D eigenvalue weighted by Crippen LogP contribution is 2.27. The van der Waals surface area contributed by atoms with Crippen LogP contribution in [0.25, 0.3) is 0 Å². The van der Waals surface area contributed by atoms with Gasteiger partial charge >= 0.3 is 0 Å². The van der Waals surface area contributed by atoms with Crippen molar-refractivity contribution in [2.45, 2.75) is 17.7 Å². The SMILES string of the molecule is CCc1ccc(Nc2nnc(SCCO)s2)cc1. The van der Waals surface area contributed by atoms with E-state index in [2.05, 4.69) is 34.6 Å². The van der Waals surface area contributed by atoms with Gasteiger partial charge in [0.25, 0.3) is 0 Å². The molecule has 0 bridgehead atoms. The lowest BCUT2D eigenvalue weighted by Gasteiger charge is -2.02. The zero-order valence-corrected chi connectivity index (χ0v) is 11.7. The second-order valence-electron chi connectivity index (χ2n) is 3.62. The summed E-state index contributed by atoms with van der Waals surface area (Å²) in [6, 6.07) is 8.29. The maximum Gasteiger partial charge on any atom is 0.210 e. The average molecular weight is 281 g/mol. The summed E-state index contributed by atoms with van der Waals surface area (Å²) in [6.45, 7) is 2.29. The van der Waals surface area contributed by atoms with Crippen molar-refractivity contribution in [1.82, 2.24) is 10.2 Å². The summed E-state index contributed by atoms with van der Waals surface area (Å²) >= 11 is 3.01. The normalized spacial score (nSPS) is 10.6. The number of aliphatic hydroxyl groups excluding tert-OH is 1. The molecular weight excluding hydrogens is 266 g/mol. The average Bonchev–Trinajstić information content (AvgIpc) is 2.85. The van der Waals surface area contributed by atoms with Crippen molar-refractivity contribution in [2.75, 3.05) is 17.7 Å². The molecular formula is C12H15N3OS2. The Morgan fingerprint density at radius 3 is 2.72 bits per heavy atom. The standard InChI is InChI=1S/C12H15N3OS2/c1-2-9-3-5-10(6-4-9)13-11-14-15-12(18-11)17-8-7-16/h3-6,16H,2,7-8H2,1H3,(H,13,14). The van der Waals surface area contributed by atoms with Crippen molar-refractivity contribution >= 4 is 33.9 Å². The van der Waals surface area contributed by atoms with Gasteiger partial charge in [0.1, 0.15) is 0 Å². The second-order valence-corrected chi connectivity index (χ2v) is 5.94. The van der Waals surface area contributed by atoms with Crippen LogP contribution in [0.15, 0.2) is 28.6 Å². The van der Waals surface area contributed by atoms with Gasteiger partial charge in [0.15, 0.2) is 4.34 Å². The molecule has 1 aromatic heterocycles. The number of hydrogen-bond acceptors (Lipinski definition) is 6. The van der Waals surface area contributed by atoms with E-state index in [1.807, 2.05) is 12.1 Å². The maximum atomic E-state index is 8.74. The first-order valence-electron chi connectivity index (χ1n) is 5.75. The molecule has 4 nitrogen and oxygen atoms in total. The number of aryl methyl sites for hydroxylation is 1. The Balaban J connectivity index is 1.97. The lowest BCUT2D eigenvalue weighted by atomic mass is 10.1. The number of aliphatic hydroxyl groups is 1. The van der Waals surface area contributed by atoms with Crippen molar-refractivity contribution in [1.29, 1.82) is 0 Å². The van der Waals surface area contributed by atoms with Gasteiger partial charge in [-0.1, -0.05) is 42.2 Å². The van der Waals surface area contributed by atoms with Gasteiger partial charge in [-0.25, -0.2) is 0 Å². The van der Waals surface area contributed by atoms with Crippen LogP contribution in [0.1, 0.15) is 12.5 Å². The van der Waals surface area contributed by atoms with Gasteiger partial charge in [0.05, 0.1) is 6.61 Å². The summed E-state index contributed by atoms with van der Waals surface area (Å²) in [7, 11) is 0. The molecule has 0 spiro atoms. The van der Waals surface area contributed by atoms with Crippen molar-refractivity contribution in [3.05, 3.63) is 29.8 Å². The largest absolute Gasteiger partial charge is 0.396 e. The monoisotopic (exact) mass is 281 g/mol. The first-order valence-corrected chi connectivity index (χ1v) is 7.55. The number of aromatic nitrogens is 2. The highest BCUT2D eigenvalue weighted by molar-refractivity contribution is 8.01. The Hall–Kier alpha value is -1.11. The van der Waals surface area contributed by atoms with E-state index in [4.69, 9.17) is 5.11 Å². The molecule has 18 heavy (non-hydrogen) atoms. The van der Waals surface area contributed by atoms with E-state index in [1.165, 1.54) is 28.7 Å². The van der Waals surface area contributed by atoms with Gasteiger partial charge in [-0.05, 0) is 24.1 Å². The lowest BCUT2D eigenvalue weighted by Crippen LogP contribution is -1.89. The number of anilines is 2. The Bertz CT molecular complexity index is 484. The summed E-state index contributed by atoms with van der Waals surface area (Å²) in [5.41, 5.74) is 2.33. The minimum Gasteiger partial charge on any atom is -0.396 e. The first-order chi connectivity index (χ1) is 8.81. The highest BCUT2D eigenvalue weighted by Gasteiger charge is 2.04. The molecule has 96 valence electrons. The molecule has 0 aliphatic heterocycles. The Morgan fingerprint density at radius 1 is 1.28 bits per heavy atom. The van der Waals surface area contributed by atoms with E-state index in [-0.39, 0.29) is 6.61 Å². The van der Waals surface area contributed by atoms with Crippen molar-refractivity contribution in [2.24, 2.45) is 0 Å². The summed E-state index contributed by atoms with van der Waals surface area (Å²) in [6.07, 6.45) is 1.04. The fourth-order valence-corrected chi connectivity index (χ4v) is 2.98. The van der Waals surface area contributed by atoms with Crippen LogP contribution < -0.4 is 5.32 Å². The minimum atomic E-state index is 0.158. The highest BCUT2D eigenvalue weighted by atomic mass is 32.2. The van der Waals surface area contributed by atoms with Gasteiger partial charge in [-0.15, -0.1) is 10.2 Å². The van der Waals surface area contributed by atoms with E-state index in [0.29, 0.717) is 5.75 Å². The molecule has 2 aromatic rings. The fraction of sp³-hybridized carbons (Fsp3) is 0.333. The molecule has 2 rings (SSSR count). The molecule has 6 heteroatoms. The molecule has 1 heterocycles. The summed E-state index contributed by atoms with van der Waals surface area (Å²) in [4.78, 5) is 0. The third-order valence-electron chi connectivity index (χ3n) is 2.34. The number of benzene rings is 1. The summed E-state index contributed by atoms with van der Waals surface area (Å²) < 4.78 is 0.872. The molecule has 0 aliphatic carbocycles. The van der Waals surface area contributed by atoms with E-state index in [0.717, 1.165) is 21.6 Å². The lowest BCUT2D eigenvalue weighted by molar-refractivity contribution is 0.322. The topological polar surface area (TPSA) is 58.0 Å². The van der Waals surface area contributed by atoms with Crippen molar-refractivity contribution < 1.29 is 5.11 Å². The Kier molecular flexibility index (Phi) is 4.98. The van der Waals surface area contributed by atoms with E-state index < -0.39 is 0 Å². The van der Waals surface area contributed by atoms with Gasteiger partial charge in [-0.2, -0.15) is 0 Å². The number of hydrogen-bond donors (Lipinski definition) is 2.